The van der Waals surface area contributed by atoms with Crippen molar-refractivity contribution in [1.82, 2.24) is 29.9 Å². The zero-order valence-corrected chi connectivity index (χ0v) is 28.1. The summed E-state index contributed by atoms with van der Waals surface area (Å²) in [5.41, 5.74) is 1.23. The fourth-order valence-corrected chi connectivity index (χ4v) is 4.98. The van der Waals surface area contributed by atoms with Crippen molar-refractivity contribution in [3.8, 4) is 0 Å². The minimum absolute atomic E-state index is 0. The summed E-state index contributed by atoms with van der Waals surface area (Å²) in [4.78, 5) is 30.2. The molecular weight excluding hydrogens is 662 g/mol. The molecule has 2 fully saturated rings. The van der Waals surface area contributed by atoms with Crippen LogP contribution in [0.5, 0.6) is 0 Å². The molecule has 3 aromatic rings. The zero-order chi connectivity index (χ0) is 32.6. The standard InChI is InChI=1S/C24H34N12O8S2.2Li/c37-45(38,39)15-5-25-19-29-21(33-23(31-19)35-7-11-43-12-8-35)27-17-1-2-18(4-3-17)28-22-30-20(26-6-16-46(40,41)42)32-24(34-22)36-9-13-44-14-10-36;;/h1-4H,5-16H2,(H,37,38,39)(H,40,41,42)(H2,25,27,29,31,33)(H2,26,28,30,32,34);;/q;2*+1/p-2. The summed E-state index contributed by atoms with van der Waals surface area (Å²) in [7, 11) is -8.84. The van der Waals surface area contributed by atoms with Crippen molar-refractivity contribution in [2.24, 2.45) is 0 Å². The van der Waals surface area contributed by atoms with E-state index in [9.17, 15) is 25.9 Å². The average Bonchev–Trinajstić information content (AvgIpc) is 3.01. The van der Waals surface area contributed by atoms with E-state index in [1.807, 2.05) is 9.80 Å². The van der Waals surface area contributed by atoms with Crippen molar-refractivity contribution in [1.29, 1.82) is 0 Å². The first-order chi connectivity index (χ1) is 22.0. The summed E-state index contributed by atoms with van der Waals surface area (Å²) < 4.78 is 77.0. The van der Waals surface area contributed by atoms with Gasteiger partial charge < -0.3 is 49.6 Å². The molecule has 0 spiro atoms. The second kappa shape index (κ2) is 18.1. The molecule has 0 aliphatic carbocycles. The van der Waals surface area contributed by atoms with Crippen LogP contribution in [0, 0.1) is 0 Å². The molecule has 0 amide bonds. The SMILES string of the molecule is O=S(=O)([O-])CCNc1nc(Nc2ccc(Nc3nc(NCCS(=O)(=O)[O-])nc(N4CCOCC4)n3)cc2)nc(N2CCOCC2)n1.[Li+].[Li+]. The first-order valence-electron chi connectivity index (χ1n) is 14.2. The van der Waals surface area contributed by atoms with E-state index in [0.717, 1.165) is 0 Å². The number of aromatic nitrogens is 6. The summed E-state index contributed by atoms with van der Waals surface area (Å²) in [6.45, 7) is 3.85. The van der Waals surface area contributed by atoms with Crippen molar-refractivity contribution < 1.29 is 73.1 Å². The third-order valence-electron chi connectivity index (χ3n) is 6.50. The van der Waals surface area contributed by atoms with Gasteiger partial charge in [-0.25, -0.2) is 16.8 Å². The number of ether oxygens (including phenoxy) is 2. The van der Waals surface area contributed by atoms with Crippen LogP contribution in [0.15, 0.2) is 24.3 Å². The van der Waals surface area contributed by atoms with Crippen LogP contribution in [0.3, 0.4) is 0 Å². The predicted molar refractivity (Wildman–Crippen MR) is 165 cm³/mol. The molecule has 0 atom stereocenters. The van der Waals surface area contributed by atoms with Crippen LogP contribution in [0.1, 0.15) is 0 Å². The smallest absolute Gasteiger partial charge is 0.748 e. The largest absolute Gasteiger partial charge is 1.00 e. The fraction of sp³-hybridized carbons (Fsp3) is 0.500. The van der Waals surface area contributed by atoms with Crippen molar-refractivity contribution in [3.63, 3.8) is 0 Å². The van der Waals surface area contributed by atoms with Gasteiger partial charge in [0.2, 0.25) is 35.7 Å². The maximum Gasteiger partial charge on any atom is 1.00 e. The maximum absolute atomic E-state index is 11.0. The van der Waals surface area contributed by atoms with Crippen LogP contribution >= 0.6 is 0 Å². The first kappa shape index (κ1) is 39.4. The Kier molecular flexibility index (Phi) is 14.9. The molecule has 24 heteroatoms. The Balaban J connectivity index is 0.00000312. The van der Waals surface area contributed by atoms with Gasteiger partial charge in [-0.15, -0.1) is 0 Å². The molecule has 2 aliphatic heterocycles. The number of nitrogens with one attached hydrogen (secondary N) is 4. The normalized spacial score (nSPS) is 15.1. The molecule has 0 bridgehead atoms. The van der Waals surface area contributed by atoms with Crippen LogP contribution in [0.25, 0.3) is 0 Å². The van der Waals surface area contributed by atoms with Crippen molar-refractivity contribution >= 4 is 67.3 Å². The minimum atomic E-state index is -4.42. The second-order valence-electron chi connectivity index (χ2n) is 9.97. The third kappa shape index (κ3) is 12.8. The third-order valence-corrected chi connectivity index (χ3v) is 7.91. The minimum Gasteiger partial charge on any atom is -0.748 e. The summed E-state index contributed by atoms with van der Waals surface area (Å²) in [5, 5.41) is 11.7. The van der Waals surface area contributed by atoms with Crippen LogP contribution < -0.4 is 68.8 Å². The van der Waals surface area contributed by atoms with E-state index in [-0.39, 0.29) is 74.6 Å². The fourth-order valence-electron chi connectivity index (χ4n) is 4.28. The van der Waals surface area contributed by atoms with Gasteiger partial charge in [-0.3, -0.25) is 0 Å². The Hall–Kier alpha value is -3.03. The number of rotatable bonds is 14. The van der Waals surface area contributed by atoms with Crippen molar-refractivity contribution in [3.05, 3.63) is 24.3 Å². The molecule has 4 heterocycles. The van der Waals surface area contributed by atoms with E-state index in [4.69, 9.17) is 9.47 Å². The van der Waals surface area contributed by atoms with Crippen LogP contribution in [0.4, 0.5) is 47.1 Å². The molecule has 0 saturated carbocycles. The molecule has 2 saturated heterocycles. The Labute approximate surface area is 301 Å². The number of hydrogen-bond acceptors (Lipinski definition) is 20. The number of morpholine rings is 2. The first-order valence-corrected chi connectivity index (χ1v) is 17.3. The van der Waals surface area contributed by atoms with Gasteiger partial charge in [-0.05, 0) is 24.3 Å². The molecular formula is C24H32Li2N12O8S2. The van der Waals surface area contributed by atoms with Gasteiger partial charge in [0.25, 0.3) is 0 Å². The summed E-state index contributed by atoms with van der Waals surface area (Å²) in [6.07, 6.45) is 0. The maximum atomic E-state index is 11.0. The predicted octanol–water partition coefficient (Wildman–Crippen LogP) is -6.86. The quantitative estimate of drug-likeness (QED) is 0.0902. The van der Waals surface area contributed by atoms with E-state index in [2.05, 4.69) is 51.2 Å². The molecule has 2 aliphatic rings. The van der Waals surface area contributed by atoms with Gasteiger partial charge >= 0.3 is 37.7 Å². The van der Waals surface area contributed by atoms with E-state index >= 15 is 0 Å². The average molecular weight is 695 g/mol. The van der Waals surface area contributed by atoms with E-state index in [0.29, 0.717) is 75.9 Å². The Morgan fingerprint density at radius 3 is 1.25 bits per heavy atom. The van der Waals surface area contributed by atoms with Crippen LogP contribution in [-0.2, 0) is 29.7 Å². The van der Waals surface area contributed by atoms with Gasteiger partial charge in [-0.2, -0.15) is 29.9 Å². The Morgan fingerprint density at radius 1 is 0.583 bits per heavy atom. The topological polar surface area (TPSA) is 265 Å². The number of nitrogens with zero attached hydrogens (tertiary/aromatic N) is 8. The van der Waals surface area contributed by atoms with Crippen molar-refractivity contribution in [2.75, 3.05) is 108 Å². The van der Waals surface area contributed by atoms with Gasteiger partial charge in [0.05, 0.1) is 58.2 Å². The monoisotopic (exact) mass is 694 g/mol. The molecule has 250 valence electrons. The van der Waals surface area contributed by atoms with E-state index < -0.39 is 31.7 Å². The Morgan fingerprint density at radius 2 is 0.917 bits per heavy atom. The Bertz CT molecular complexity index is 1580. The molecule has 5 rings (SSSR count). The van der Waals surface area contributed by atoms with E-state index in [1.165, 1.54) is 0 Å². The molecule has 0 radical (unpaired) electrons. The van der Waals surface area contributed by atoms with Crippen LogP contribution in [-0.4, -0.2) is 133 Å². The van der Waals surface area contributed by atoms with Crippen molar-refractivity contribution in [2.45, 2.75) is 0 Å². The molecule has 4 N–H and O–H groups in total. The number of benzene rings is 1. The van der Waals surface area contributed by atoms with E-state index in [1.54, 1.807) is 24.3 Å². The summed E-state index contributed by atoms with van der Waals surface area (Å²) >= 11 is 0. The second-order valence-corrected chi connectivity index (χ2v) is 13.0. The molecule has 20 nitrogen and oxygen atoms in total. The summed E-state index contributed by atoms with van der Waals surface area (Å²) in [6, 6.07) is 7.00. The molecule has 1 aromatic carbocycles. The molecule has 0 unspecified atom stereocenters. The van der Waals surface area contributed by atoms with Gasteiger partial charge in [-0.1, -0.05) is 0 Å². The molecule has 2 aromatic heterocycles. The number of hydrogen-bond donors (Lipinski definition) is 4. The zero-order valence-electron chi connectivity index (χ0n) is 26.5. The van der Waals surface area contributed by atoms with Crippen LogP contribution in [0.2, 0.25) is 0 Å². The number of anilines is 8. The van der Waals surface area contributed by atoms with Gasteiger partial charge in [0.1, 0.15) is 0 Å². The molecule has 48 heavy (non-hydrogen) atoms. The van der Waals surface area contributed by atoms with Gasteiger partial charge in [0.15, 0.2) is 0 Å². The van der Waals surface area contributed by atoms with Gasteiger partial charge in [0, 0.05) is 50.6 Å². The summed E-state index contributed by atoms with van der Waals surface area (Å²) in [5.74, 6) is 0.0358.